The third kappa shape index (κ3) is 3.44. The quantitative estimate of drug-likeness (QED) is 0.680. The Bertz CT molecular complexity index is 192. The summed E-state index contributed by atoms with van der Waals surface area (Å²) in [5, 5.41) is 0. The second-order valence-electron chi connectivity index (χ2n) is 3.04. The zero-order valence-electron chi connectivity index (χ0n) is 8.54. The van der Waals surface area contributed by atoms with Crippen molar-refractivity contribution < 1.29 is 9.59 Å². The van der Waals surface area contributed by atoms with Crippen LogP contribution in [0.4, 0.5) is 0 Å². The summed E-state index contributed by atoms with van der Waals surface area (Å²) in [5.74, 6) is -0.515. The van der Waals surface area contributed by atoms with E-state index < -0.39 is 11.9 Å². The lowest BCUT2D eigenvalue weighted by molar-refractivity contribution is -0.137. The van der Waals surface area contributed by atoms with Crippen molar-refractivity contribution in [3.8, 4) is 0 Å². The molecular formula is C9H18N2O2. The fraction of sp³-hybridized carbons (Fsp3) is 0.778. The molecule has 0 spiro atoms. The summed E-state index contributed by atoms with van der Waals surface area (Å²) in [6, 6.07) is -0.447. The van der Waals surface area contributed by atoms with Crippen molar-refractivity contribution in [3.05, 3.63) is 0 Å². The maximum Gasteiger partial charge on any atom is 0.240 e. The van der Waals surface area contributed by atoms with Crippen LogP contribution in [0.15, 0.2) is 0 Å². The van der Waals surface area contributed by atoms with Gasteiger partial charge in [0.1, 0.15) is 6.04 Å². The van der Waals surface area contributed by atoms with Crippen molar-refractivity contribution >= 4 is 11.8 Å². The Balaban J connectivity index is 4.48. The van der Waals surface area contributed by atoms with Gasteiger partial charge >= 0.3 is 0 Å². The molecule has 4 heteroatoms. The van der Waals surface area contributed by atoms with Gasteiger partial charge in [-0.3, -0.25) is 9.59 Å². The van der Waals surface area contributed by atoms with Crippen molar-refractivity contribution in [2.45, 2.75) is 39.7 Å². The molecule has 1 unspecified atom stereocenters. The van der Waals surface area contributed by atoms with Gasteiger partial charge in [-0.05, 0) is 12.8 Å². The molecule has 0 aliphatic heterocycles. The lowest BCUT2D eigenvalue weighted by Gasteiger charge is -2.27. The maximum absolute atomic E-state index is 11.2. The molecule has 0 rings (SSSR count). The highest BCUT2D eigenvalue weighted by Gasteiger charge is 2.22. The number of carbonyl (C=O) groups is 2. The smallest absolute Gasteiger partial charge is 0.240 e. The van der Waals surface area contributed by atoms with E-state index in [9.17, 15) is 9.59 Å². The predicted octanol–water partition coefficient (Wildman–Crippen LogP) is 0.509. The van der Waals surface area contributed by atoms with Gasteiger partial charge in [-0.15, -0.1) is 0 Å². The molecule has 0 fully saturated rings. The number of nitrogens with zero attached hydrogens (tertiary/aromatic N) is 1. The van der Waals surface area contributed by atoms with E-state index in [0.717, 1.165) is 6.42 Å². The fourth-order valence-electron chi connectivity index (χ4n) is 1.35. The monoisotopic (exact) mass is 186 g/mol. The van der Waals surface area contributed by atoms with Gasteiger partial charge in [0.2, 0.25) is 11.8 Å². The van der Waals surface area contributed by atoms with Crippen LogP contribution in [0.2, 0.25) is 0 Å². The lowest BCUT2D eigenvalue weighted by Crippen LogP contribution is -2.47. The molecule has 2 amide bonds. The number of nitrogens with two attached hydrogens (primary N) is 1. The van der Waals surface area contributed by atoms with Crippen LogP contribution < -0.4 is 5.73 Å². The van der Waals surface area contributed by atoms with Gasteiger partial charge in [0.25, 0.3) is 0 Å². The molecule has 0 aromatic rings. The molecule has 0 bridgehead atoms. The molecule has 0 aromatic carbocycles. The number of rotatable bonds is 5. The Morgan fingerprint density at radius 3 is 2.15 bits per heavy atom. The zero-order chi connectivity index (χ0) is 10.4. The van der Waals surface area contributed by atoms with Crippen LogP contribution in [-0.2, 0) is 9.59 Å². The van der Waals surface area contributed by atoms with E-state index in [1.54, 1.807) is 0 Å². The summed E-state index contributed by atoms with van der Waals surface area (Å²) >= 11 is 0. The van der Waals surface area contributed by atoms with Gasteiger partial charge in [0, 0.05) is 13.5 Å². The Labute approximate surface area is 79.1 Å². The first kappa shape index (κ1) is 11.9. The second-order valence-corrected chi connectivity index (χ2v) is 3.04. The van der Waals surface area contributed by atoms with Gasteiger partial charge in [-0.2, -0.15) is 0 Å². The Morgan fingerprint density at radius 2 is 1.92 bits per heavy atom. The molecule has 1 atom stereocenters. The summed E-state index contributed by atoms with van der Waals surface area (Å²) in [6.45, 7) is 5.86. The fourth-order valence-corrected chi connectivity index (χ4v) is 1.35. The lowest BCUT2D eigenvalue weighted by atomic mass is 10.1. The van der Waals surface area contributed by atoms with Gasteiger partial charge in [-0.25, -0.2) is 0 Å². The third-order valence-corrected chi connectivity index (χ3v) is 1.96. The molecular weight excluding hydrogens is 168 g/mol. The summed E-state index contributed by atoms with van der Waals surface area (Å²) in [4.78, 5) is 23.7. The normalized spacial score (nSPS) is 12.2. The first-order valence-electron chi connectivity index (χ1n) is 4.61. The van der Waals surface area contributed by atoms with Crippen LogP contribution >= 0.6 is 0 Å². The van der Waals surface area contributed by atoms with Gasteiger partial charge in [0.05, 0.1) is 0 Å². The summed E-state index contributed by atoms with van der Waals surface area (Å²) < 4.78 is 0. The highest BCUT2D eigenvalue weighted by molar-refractivity contribution is 5.85. The van der Waals surface area contributed by atoms with Crippen molar-refractivity contribution in [2.75, 3.05) is 6.54 Å². The Kier molecular flexibility index (Phi) is 5.11. The van der Waals surface area contributed by atoms with Crippen molar-refractivity contribution in [3.63, 3.8) is 0 Å². The number of carbonyl (C=O) groups excluding carboxylic acids is 2. The molecule has 0 saturated carbocycles. The van der Waals surface area contributed by atoms with Crippen molar-refractivity contribution in [1.82, 2.24) is 4.90 Å². The Hall–Kier alpha value is -1.06. The van der Waals surface area contributed by atoms with E-state index in [4.69, 9.17) is 5.73 Å². The highest BCUT2D eigenvalue weighted by Crippen LogP contribution is 2.05. The molecule has 4 nitrogen and oxygen atoms in total. The molecule has 0 radical (unpaired) electrons. The molecule has 13 heavy (non-hydrogen) atoms. The van der Waals surface area contributed by atoms with E-state index in [2.05, 4.69) is 0 Å². The SMILES string of the molecule is CCCN(C(C)=O)C(CC)C(N)=O. The van der Waals surface area contributed by atoms with Crippen LogP contribution in [0, 0.1) is 0 Å². The highest BCUT2D eigenvalue weighted by atomic mass is 16.2. The molecule has 2 N–H and O–H groups in total. The topological polar surface area (TPSA) is 63.4 Å². The van der Waals surface area contributed by atoms with Crippen LogP contribution in [0.1, 0.15) is 33.6 Å². The standard InChI is InChI=1S/C9H18N2O2/c1-4-6-11(7(3)12)8(5-2)9(10)13/h8H,4-6H2,1-3H3,(H2,10,13). The van der Waals surface area contributed by atoms with Gasteiger partial charge in [0.15, 0.2) is 0 Å². The first-order valence-corrected chi connectivity index (χ1v) is 4.61. The number of primary amides is 1. The minimum absolute atomic E-state index is 0.0903. The molecule has 0 heterocycles. The summed E-state index contributed by atoms with van der Waals surface area (Å²) in [6.07, 6.45) is 1.41. The van der Waals surface area contributed by atoms with Gasteiger partial charge in [-0.1, -0.05) is 13.8 Å². The average molecular weight is 186 g/mol. The van der Waals surface area contributed by atoms with E-state index in [1.807, 2.05) is 13.8 Å². The molecule has 0 aliphatic rings. The maximum atomic E-state index is 11.2. The molecule has 0 aromatic heterocycles. The van der Waals surface area contributed by atoms with Crippen LogP contribution in [0.25, 0.3) is 0 Å². The summed E-state index contributed by atoms with van der Waals surface area (Å²) in [7, 11) is 0. The van der Waals surface area contributed by atoms with Gasteiger partial charge < -0.3 is 10.6 Å². The van der Waals surface area contributed by atoms with Crippen LogP contribution in [0.5, 0.6) is 0 Å². The second kappa shape index (κ2) is 5.56. The van der Waals surface area contributed by atoms with Crippen molar-refractivity contribution in [1.29, 1.82) is 0 Å². The number of hydrogen-bond donors (Lipinski definition) is 1. The molecule has 76 valence electrons. The zero-order valence-corrected chi connectivity index (χ0v) is 8.54. The molecule has 0 saturated heterocycles. The minimum Gasteiger partial charge on any atom is -0.368 e. The first-order chi connectivity index (χ1) is 6.04. The van der Waals surface area contributed by atoms with Crippen LogP contribution in [0.3, 0.4) is 0 Å². The predicted molar refractivity (Wildman–Crippen MR) is 51.0 cm³/mol. The number of amides is 2. The van der Waals surface area contributed by atoms with E-state index in [1.165, 1.54) is 11.8 Å². The average Bonchev–Trinajstić information content (AvgIpc) is 2.03. The van der Waals surface area contributed by atoms with Crippen LogP contribution in [-0.4, -0.2) is 29.3 Å². The summed E-state index contributed by atoms with van der Waals surface area (Å²) in [5.41, 5.74) is 5.18. The Morgan fingerprint density at radius 1 is 1.38 bits per heavy atom. The largest absolute Gasteiger partial charge is 0.368 e. The van der Waals surface area contributed by atoms with E-state index in [-0.39, 0.29) is 5.91 Å². The van der Waals surface area contributed by atoms with E-state index in [0.29, 0.717) is 13.0 Å². The van der Waals surface area contributed by atoms with Crippen molar-refractivity contribution in [2.24, 2.45) is 5.73 Å². The number of hydrogen-bond acceptors (Lipinski definition) is 2. The van der Waals surface area contributed by atoms with E-state index >= 15 is 0 Å². The third-order valence-electron chi connectivity index (χ3n) is 1.96. The minimum atomic E-state index is -0.447. The molecule has 0 aliphatic carbocycles.